The third-order valence-corrected chi connectivity index (χ3v) is 6.89. The van der Waals surface area contributed by atoms with E-state index in [4.69, 9.17) is 9.31 Å². The van der Waals surface area contributed by atoms with E-state index < -0.39 is 18.8 Å². The van der Waals surface area contributed by atoms with E-state index in [1.54, 1.807) is 6.07 Å². The first kappa shape index (κ1) is 19.2. The molecule has 4 aliphatic rings. The van der Waals surface area contributed by atoms with Crippen LogP contribution in [0.15, 0.2) is 42.5 Å². The van der Waals surface area contributed by atoms with Gasteiger partial charge in [0.05, 0.1) is 0 Å². The van der Waals surface area contributed by atoms with E-state index in [-0.39, 0.29) is 12.2 Å². The largest absolute Gasteiger partial charge is 0.495 e. The Hall–Kier alpha value is -2.50. The lowest BCUT2D eigenvalue weighted by Gasteiger charge is -2.21. The van der Waals surface area contributed by atoms with Crippen LogP contribution < -0.4 is 15.9 Å². The molecule has 2 aliphatic heterocycles. The molecule has 5 heteroatoms. The zero-order chi connectivity index (χ0) is 20.9. The van der Waals surface area contributed by atoms with Crippen molar-refractivity contribution in [3.05, 3.63) is 64.5 Å². The Morgan fingerprint density at radius 3 is 2.10 bits per heavy atom. The Bertz CT molecular complexity index is 1280. The molecule has 0 spiro atoms. The summed E-state index contributed by atoms with van der Waals surface area (Å²) < 4.78 is 41.5. The topological polar surface area (TPSA) is 18.5 Å². The Morgan fingerprint density at radius 1 is 0.774 bits per heavy atom. The van der Waals surface area contributed by atoms with Crippen molar-refractivity contribution in [2.24, 2.45) is 0 Å². The lowest BCUT2D eigenvalue weighted by molar-refractivity contribution is 0.161. The fourth-order valence-corrected chi connectivity index (χ4v) is 5.45. The molecular weight excluding hydrogens is 393 g/mol. The van der Waals surface area contributed by atoms with Crippen molar-refractivity contribution in [1.82, 2.24) is 0 Å². The van der Waals surface area contributed by atoms with Crippen LogP contribution in [0.4, 0.5) is 8.78 Å². The second-order valence-electron chi connectivity index (χ2n) is 8.77. The van der Waals surface area contributed by atoms with Gasteiger partial charge in [0, 0.05) is 23.8 Å². The van der Waals surface area contributed by atoms with Crippen LogP contribution in [0.3, 0.4) is 0 Å². The number of halogens is 2. The highest BCUT2D eigenvalue weighted by molar-refractivity contribution is 6.64. The summed E-state index contributed by atoms with van der Waals surface area (Å²) in [7, 11) is -0.423. The van der Waals surface area contributed by atoms with Crippen molar-refractivity contribution >= 4 is 35.5 Å². The molecule has 2 nitrogen and oxygen atoms in total. The zero-order valence-corrected chi connectivity index (χ0v) is 17.2. The van der Waals surface area contributed by atoms with Crippen molar-refractivity contribution in [1.29, 1.82) is 0 Å². The first-order chi connectivity index (χ1) is 15.2. The minimum atomic E-state index is -0.567. The maximum atomic E-state index is 14.9. The van der Waals surface area contributed by atoms with Crippen LogP contribution in [0.5, 0.6) is 0 Å². The monoisotopic (exact) mass is 416 g/mol. The standard InChI is InChI=1S/C26H23BF2O2/c28-16-9-14-23(24(29)15-16)25-19-5-1-3-7-21(19)26(22-8-4-2-6-20(22)25)27-30-17-10-11-18(31-27)13-12-17/h1,3,5-9,14-15,17-18H,2,4,10-13H2. The smallest absolute Gasteiger partial charge is 0.404 e. The number of benzene rings is 3. The molecule has 1 saturated carbocycles. The zero-order valence-electron chi connectivity index (χ0n) is 17.2. The normalized spacial score (nSPS) is 22.6. The van der Waals surface area contributed by atoms with E-state index in [1.165, 1.54) is 6.07 Å². The first-order valence-electron chi connectivity index (χ1n) is 11.2. The van der Waals surface area contributed by atoms with E-state index in [0.29, 0.717) is 5.56 Å². The fraction of sp³-hybridized carbons (Fsp3) is 0.308. The minimum Gasteiger partial charge on any atom is -0.404 e. The average Bonchev–Trinajstić information content (AvgIpc) is 3.11. The number of hydrogen-bond donors (Lipinski definition) is 0. The van der Waals surface area contributed by atoms with Gasteiger partial charge in [-0.2, -0.15) is 0 Å². The highest BCUT2D eigenvalue weighted by Gasteiger charge is 2.38. The summed E-state index contributed by atoms with van der Waals surface area (Å²) in [5.74, 6) is -1.11. The third kappa shape index (κ3) is 3.22. The van der Waals surface area contributed by atoms with Gasteiger partial charge < -0.3 is 9.31 Å². The molecule has 0 N–H and O–H groups in total. The molecule has 0 amide bonds. The van der Waals surface area contributed by atoms with Crippen LogP contribution in [0.1, 0.15) is 38.5 Å². The third-order valence-electron chi connectivity index (χ3n) is 6.89. The van der Waals surface area contributed by atoms with Gasteiger partial charge in [0.25, 0.3) is 0 Å². The molecule has 7 rings (SSSR count). The van der Waals surface area contributed by atoms with Crippen molar-refractivity contribution < 1.29 is 18.1 Å². The molecule has 3 fully saturated rings. The highest BCUT2D eigenvalue weighted by Crippen LogP contribution is 2.31. The molecule has 156 valence electrons. The molecule has 0 unspecified atom stereocenters. The Labute approximate surface area is 180 Å². The molecule has 3 aromatic rings. The van der Waals surface area contributed by atoms with Crippen LogP contribution in [0.25, 0.3) is 34.1 Å². The molecule has 2 bridgehead atoms. The van der Waals surface area contributed by atoms with E-state index in [1.807, 2.05) is 18.2 Å². The molecule has 31 heavy (non-hydrogen) atoms. The van der Waals surface area contributed by atoms with Gasteiger partial charge in [-0.1, -0.05) is 36.4 Å². The van der Waals surface area contributed by atoms with Crippen LogP contribution in [0.2, 0.25) is 0 Å². The molecule has 0 radical (unpaired) electrons. The van der Waals surface area contributed by atoms with Gasteiger partial charge >= 0.3 is 7.12 Å². The highest BCUT2D eigenvalue weighted by atomic mass is 19.1. The SMILES string of the molecule is Fc1ccc(-c2c3c(c(B4OC5CCC(CC5)O4)c4ccccc24)=CCCC=3)c(F)c1. The number of hydrogen-bond acceptors (Lipinski definition) is 2. The van der Waals surface area contributed by atoms with Gasteiger partial charge in [-0.3, -0.25) is 0 Å². The van der Waals surface area contributed by atoms with Gasteiger partial charge in [-0.15, -0.1) is 0 Å². The minimum absolute atomic E-state index is 0.222. The predicted molar refractivity (Wildman–Crippen MR) is 120 cm³/mol. The predicted octanol–water partition coefficient (Wildman–Crippen LogP) is 4.19. The van der Waals surface area contributed by atoms with E-state index in [9.17, 15) is 8.78 Å². The lowest BCUT2D eigenvalue weighted by atomic mass is 9.71. The average molecular weight is 416 g/mol. The summed E-state index contributed by atoms with van der Waals surface area (Å²) in [6, 6.07) is 11.9. The second kappa shape index (κ2) is 7.58. The van der Waals surface area contributed by atoms with Crippen molar-refractivity contribution in [3.63, 3.8) is 0 Å². The van der Waals surface area contributed by atoms with Crippen LogP contribution in [0, 0.1) is 11.6 Å². The molecule has 2 aliphatic carbocycles. The van der Waals surface area contributed by atoms with Gasteiger partial charge in [-0.25, -0.2) is 8.78 Å². The van der Waals surface area contributed by atoms with Crippen LogP contribution in [-0.4, -0.2) is 19.3 Å². The summed E-state index contributed by atoms with van der Waals surface area (Å²) in [5.41, 5.74) is 2.29. The molecule has 2 heterocycles. The van der Waals surface area contributed by atoms with Gasteiger partial charge in [0.2, 0.25) is 0 Å². The van der Waals surface area contributed by atoms with E-state index in [2.05, 4.69) is 18.2 Å². The van der Waals surface area contributed by atoms with Crippen LogP contribution >= 0.6 is 0 Å². The Kier molecular flexibility index (Phi) is 4.69. The van der Waals surface area contributed by atoms with Crippen molar-refractivity contribution in [3.8, 4) is 11.1 Å². The summed E-state index contributed by atoms with van der Waals surface area (Å²) in [5, 5.41) is 4.01. The summed E-state index contributed by atoms with van der Waals surface area (Å²) in [6.07, 6.45) is 10.8. The first-order valence-corrected chi connectivity index (χ1v) is 11.2. The Morgan fingerprint density at radius 2 is 1.42 bits per heavy atom. The quantitative estimate of drug-likeness (QED) is 0.584. The van der Waals surface area contributed by atoms with Crippen molar-refractivity contribution in [2.45, 2.75) is 50.7 Å². The second-order valence-corrected chi connectivity index (χ2v) is 8.77. The molecule has 0 atom stereocenters. The van der Waals surface area contributed by atoms with Crippen LogP contribution in [-0.2, 0) is 9.31 Å². The summed E-state index contributed by atoms with van der Waals surface area (Å²) in [6.45, 7) is 0. The Balaban J connectivity index is 1.68. The van der Waals surface area contributed by atoms with Gasteiger partial charge in [0.1, 0.15) is 11.6 Å². The molecular formula is C26H23BF2O2. The van der Waals surface area contributed by atoms with Crippen molar-refractivity contribution in [2.75, 3.05) is 0 Å². The lowest BCUT2D eigenvalue weighted by Crippen LogP contribution is -2.53. The summed E-state index contributed by atoms with van der Waals surface area (Å²) >= 11 is 0. The maximum absolute atomic E-state index is 14.9. The van der Waals surface area contributed by atoms with E-state index >= 15 is 0 Å². The fourth-order valence-electron chi connectivity index (χ4n) is 5.45. The van der Waals surface area contributed by atoms with Gasteiger partial charge in [-0.05, 0) is 82.9 Å². The van der Waals surface area contributed by atoms with E-state index in [0.717, 1.165) is 76.8 Å². The summed E-state index contributed by atoms with van der Waals surface area (Å²) in [4.78, 5) is 0. The number of rotatable bonds is 2. The van der Waals surface area contributed by atoms with Gasteiger partial charge in [0.15, 0.2) is 0 Å². The maximum Gasteiger partial charge on any atom is 0.495 e. The molecule has 3 aromatic carbocycles. The number of fused-ring (bicyclic) bond motifs is 6. The molecule has 0 aromatic heterocycles. The molecule has 2 saturated heterocycles.